The van der Waals surface area contributed by atoms with E-state index in [-0.39, 0.29) is 18.4 Å². The first-order valence-electron chi connectivity index (χ1n) is 7.38. The predicted octanol–water partition coefficient (Wildman–Crippen LogP) is 2.45. The van der Waals surface area contributed by atoms with Crippen LogP contribution in [0.3, 0.4) is 0 Å². The molecule has 6 nitrogen and oxygen atoms in total. The van der Waals surface area contributed by atoms with Gasteiger partial charge < -0.3 is 24.6 Å². The standard InChI is InChI=1S/C17H15NO5/c19-12-4-2-11(3-5-12)18-17(20)13-6-1-10-7-15-16(22-9-21-15)8-14(10)23-13/h2-5,7-8,13,19H,1,6,9H2,(H,18,20). The second-order valence-corrected chi connectivity index (χ2v) is 5.49. The van der Waals surface area contributed by atoms with E-state index in [1.165, 1.54) is 12.1 Å². The molecule has 2 heterocycles. The number of benzene rings is 2. The number of aromatic hydroxyl groups is 1. The zero-order chi connectivity index (χ0) is 15.8. The van der Waals surface area contributed by atoms with Crippen molar-refractivity contribution in [1.82, 2.24) is 0 Å². The number of carbonyl (C=O) groups excluding carboxylic acids is 1. The van der Waals surface area contributed by atoms with Crippen LogP contribution in [0.4, 0.5) is 5.69 Å². The third kappa shape index (κ3) is 2.63. The van der Waals surface area contributed by atoms with Gasteiger partial charge in [0.15, 0.2) is 17.6 Å². The number of hydrogen-bond donors (Lipinski definition) is 2. The van der Waals surface area contributed by atoms with Crippen LogP contribution in [0.15, 0.2) is 36.4 Å². The number of hydrogen-bond acceptors (Lipinski definition) is 5. The SMILES string of the molecule is O=C(Nc1ccc(O)cc1)C1CCc2cc3c(cc2O1)OCO3. The number of nitrogens with one attached hydrogen (secondary N) is 1. The quantitative estimate of drug-likeness (QED) is 0.833. The summed E-state index contributed by atoms with van der Waals surface area (Å²) in [4.78, 5) is 12.3. The monoisotopic (exact) mass is 313 g/mol. The van der Waals surface area contributed by atoms with Gasteiger partial charge in [0.05, 0.1) is 0 Å². The first-order valence-corrected chi connectivity index (χ1v) is 7.38. The van der Waals surface area contributed by atoms with Gasteiger partial charge in [-0.25, -0.2) is 0 Å². The van der Waals surface area contributed by atoms with Crippen LogP contribution >= 0.6 is 0 Å². The number of carbonyl (C=O) groups is 1. The molecule has 0 radical (unpaired) electrons. The Morgan fingerprint density at radius 2 is 1.83 bits per heavy atom. The van der Waals surface area contributed by atoms with Crippen molar-refractivity contribution < 1.29 is 24.1 Å². The summed E-state index contributed by atoms with van der Waals surface area (Å²) in [6.07, 6.45) is 0.771. The van der Waals surface area contributed by atoms with Crippen molar-refractivity contribution >= 4 is 11.6 Å². The summed E-state index contributed by atoms with van der Waals surface area (Å²) >= 11 is 0. The van der Waals surface area contributed by atoms with E-state index in [9.17, 15) is 9.90 Å². The van der Waals surface area contributed by atoms with E-state index in [1.807, 2.05) is 6.07 Å². The lowest BCUT2D eigenvalue weighted by atomic mass is 10.0. The summed E-state index contributed by atoms with van der Waals surface area (Å²) in [5.41, 5.74) is 1.64. The minimum absolute atomic E-state index is 0.155. The van der Waals surface area contributed by atoms with Gasteiger partial charge in [-0.3, -0.25) is 4.79 Å². The van der Waals surface area contributed by atoms with E-state index in [0.29, 0.717) is 23.6 Å². The second kappa shape index (κ2) is 5.39. The number of phenolic OH excluding ortho intramolecular Hbond substituents is 1. The molecule has 1 unspecified atom stereocenters. The number of phenols is 1. The molecule has 6 heteroatoms. The van der Waals surface area contributed by atoms with Crippen molar-refractivity contribution in [1.29, 1.82) is 0 Å². The summed E-state index contributed by atoms with van der Waals surface area (Å²) in [5.74, 6) is 1.97. The Hall–Kier alpha value is -2.89. The van der Waals surface area contributed by atoms with E-state index in [0.717, 1.165) is 17.7 Å². The summed E-state index contributed by atoms with van der Waals surface area (Å²) in [6, 6.07) is 10.0. The van der Waals surface area contributed by atoms with Crippen LogP contribution < -0.4 is 19.5 Å². The summed E-state index contributed by atoms with van der Waals surface area (Å²) in [5, 5.41) is 12.1. The molecule has 1 amide bonds. The fourth-order valence-electron chi connectivity index (χ4n) is 2.72. The van der Waals surface area contributed by atoms with Crippen LogP contribution in [0.25, 0.3) is 0 Å². The van der Waals surface area contributed by atoms with Crippen LogP contribution in [-0.2, 0) is 11.2 Å². The molecule has 0 fully saturated rings. The average molecular weight is 313 g/mol. The Kier molecular flexibility index (Phi) is 3.22. The molecule has 2 aliphatic heterocycles. The minimum Gasteiger partial charge on any atom is -0.508 e. The molecule has 23 heavy (non-hydrogen) atoms. The fraction of sp³-hybridized carbons (Fsp3) is 0.235. The number of ether oxygens (including phenoxy) is 3. The molecule has 0 saturated carbocycles. The maximum absolute atomic E-state index is 12.3. The van der Waals surface area contributed by atoms with Crippen molar-refractivity contribution in [3.8, 4) is 23.0 Å². The van der Waals surface area contributed by atoms with Gasteiger partial charge in [0.25, 0.3) is 5.91 Å². The van der Waals surface area contributed by atoms with Gasteiger partial charge in [0, 0.05) is 11.8 Å². The second-order valence-electron chi connectivity index (χ2n) is 5.49. The van der Waals surface area contributed by atoms with Gasteiger partial charge in [0.2, 0.25) is 6.79 Å². The third-order valence-corrected chi connectivity index (χ3v) is 3.93. The highest BCUT2D eigenvalue weighted by Crippen LogP contribution is 2.40. The van der Waals surface area contributed by atoms with Crippen molar-refractivity contribution in [2.75, 3.05) is 12.1 Å². The van der Waals surface area contributed by atoms with Gasteiger partial charge in [-0.15, -0.1) is 0 Å². The van der Waals surface area contributed by atoms with Crippen LogP contribution in [0.1, 0.15) is 12.0 Å². The highest BCUT2D eigenvalue weighted by Gasteiger charge is 2.28. The summed E-state index contributed by atoms with van der Waals surface area (Å²) in [6.45, 7) is 0.211. The lowest BCUT2D eigenvalue weighted by Crippen LogP contribution is -2.35. The molecule has 2 aliphatic rings. The first kappa shape index (κ1) is 13.8. The van der Waals surface area contributed by atoms with Gasteiger partial charge in [-0.1, -0.05) is 0 Å². The average Bonchev–Trinajstić information content (AvgIpc) is 3.01. The van der Waals surface area contributed by atoms with Gasteiger partial charge in [-0.05, 0) is 48.7 Å². The third-order valence-electron chi connectivity index (χ3n) is 3.93. The smallest absolute Gasteiger partial charge is 0.265 e. The van der Waals surface area contributed by atoms with Gasteiger partial charge >= 0.3 is 0 Å². The Morgan fingerprint density at radius 3 is 2.61 bits per heavy atom. The summed E-state index contributed by atoms with van der Waals surface area (Å²) in [7, 11) is 0. The first-order chi connectivity index (χ1) is 11.2. The van der Waals surface area contributed by atoms with Crippen LogP contribution in [0.5, 0.6) is 23.0 Å². The molecule has 1 atom stereocenters. The molecule has 0 aromatic heterocycles. The topological polar surface area (TPSA) is 77.0 Å². The molecule has 4 rings (SSSR count). The molecule has 0 saturated heterocycles. The molecular formula is C17H15NO5. The van der Waals surface area contributed by atoms with Gasteiger partial charge in [0.1, 0.15) is 11.5 Å². The predicted molar refractivity (Wildman–Crippen MR) is 82.0 cm³/mol. The van der Waals surface area contributed by atoms with E-state index < -0.39 is 6.10 Å². The Bertz CT molecular complexity index is 756. The van der Waals surface area contributed by atoms with Crippen molar-refractivity contribution in [3.05, 3.63) is 42.0 Å². The largest absolute Gasteiger partial charge is 0.508 e. The maximum atomic E-state index is 12.3. The lowest BCUT2D eigenvalue weighted by molar-refractivity contribution is -0.123. The number of amides is 1. The fourth-order valence-corrected chi connectivity index (χ4v) is 2.72. The van der Waals surface area contributed by atoms with E-state index >= 15 is 0 Å². The van der Waals surface area contributed by atoms with Crippen LogP contribution in [0, 0.1) is 0 Å². The Balaban J connectivity index is 1.49. The highest BCUT2D eigenvalue weighted by molar-refractivity contribution is 5.94. The number of rotatable bonds is 2. The normalized spacial score (nSPS) is 18.0. The Labute approximate surface area is 132 Å². The lowest BCUT2D eigenvalue weighted by Gasteiger charge is -2.25. The molecular weight excluding hydrogens is 298 g/mol. The van der Waals surface area contributed by atoms with Gasteiger partial charge in [-0.2, -0.15) is 0 Å². The van der Waals surface area contributed by atoms with Crippen molar-refractivity contribution in [2.24, 2.45) is 0 Å². The Morgan fingerprint density at radius 1 is 1.09 bits per heavy atom. The highest BCUT2D eigenvalue weighted by atomic mass is 16.7. The van der Waals surface area contributed by atoms with Crippen LogP contribution in [-0.4, -0.2) is 23.9 Å². The molecule has 118 valence electrons. The zero-order valence-corrected chi connectivity index (χ0v) is 12.2. The van der Waals surface area contributed by atoms with E-state index in [4.69, 9.17) is 14.2 Å². The van der Waals surface area contributed by atoms with Crippen molar-refractivity contribution in [3.63, 3.8) is 0 Å². The van der Waals surface area contributed by atoms with Crippen molar-refractivity contribution in [2.45, 2.75) is 18.9 Å². The molecule has 2 aromatic carbocycles. The molecule has 0 aliphatic carbocycles. The summed E-state index contributed by atoms with van der Waals surface area (Å²) < 4.78 is 16.5. The van der Waals surface area contributed by atoms with E-state index in [2.05, 4.69) is 5.32 Å². The number of anilines is 1. The maximum Gasteiger partial charge on any atom is 0.265 e. The zero-order valence-electron chi connectivity index (χ0n) is 12.2. The number of aryl methyl sites for hydroxylation is 1. The molecule has 0 bridgehead atoms. The minimum atomic E-state index is -0.559. The molecule has 0 spiro atoms. The van der Waals surface area contributed by atoms with Crippen LogP contribution in [0.2, 0.25) is 0 Å². The van der Waals surface area contributed by atoms with E-state index in [1.54, 1.807) is 18.2 Å². The molecule has 2 aromatic rings. The number of fused-ring (bicyclic) bond motifs is 2. The molecule has 2 N–H and O–H groups in total.